The molecule has 0 atom stereocenters. The third kappa shape index (κ3) is 6.07. The van der Waals surface area contributed by atoms with Crippen molar-refractivity contribution in [3.8, 4) is 5.75 Å². The number of halogens is 1. The van der Waals surface area contributed by atoms with Crippen LogP contribution < -0.4 is 15.4 Å². The molecule has 2 aromatic rings. The summed E-state index contributed by atoms with van der Waals surface area (Å²) in [6, 6.07) is 11.1. The van der Waals surface area contributed by atoms with Crippen LogP contribution in [0.3, 0.4) is 0 Å². The lowest BCUT2D eigenvalue weighted by atomic mass is 9.88. The van der Waals surface area contributed by atoms with E-state index in [2.05, 4.69) is 26.6 Å². The molecule has 1 aliphatic rings. The first-order valence-corrected chi connectivity index (χ1v) is 10.8. The Kier molecular flexibility index (Phi) is 7.31. The van der Waals surface area contributed by atoms with Gasteiger partial charge in [0.2, 0.25) is 5.91 Å². The lowest BCUT2D eigenvalue weighted by Gasteiger charge is -2.20. The fourth-order valence-electron chi connectivity index (χ4n) is 3.74. The molecule has 0 heterocycles. The topological polar surface area (TPSA) is 67.4 Å². The van der Waals surface area contributed by atoms with Crippen molar-refractivity contribution < 1.29 is 14.3 Å². The van der Waals surface area contributed by atoms with E-state index < -0.39 is 0 Å². The van der Waals surface area contributed by atoms with Crippen LogP contribution in [0.15, 0.2) is 40.9 Å². The zero-order valence-electron chi connectivity index (χ0n) is 16.9. The Balaban J connectivity index is 1.55. The summed E-state index contributed by atoms with van der Waals surface area (Å²) in [5, 5.41) is 5.81. The fraction of sp³-hybridized carbons (Fsp3) is 0.391. The number of amides is 2. The summed E-state index contributed by atoms with van der Waals surface area (Å²) >= 11 is 3.46. The molecule has 2 aromatic carbocycles. The number of carbonyl (C=O) groups excluding carboxylic acids is 2. The number of ether oxygens (including phenoxy) is 1. The molecule has 0 aromatic heterocycles. The Morgan fingerprint density at radius 1 is 1.00 bits per heavy atom. The molecule has 0 saturated heterocycles. The van der Waals surface area contributed by atoms with E-state index in [1.165, 1.54) is 6.42 Å². The fourth-order valence-corrected chi connectivity index (χ4v) is 4.43. The van der Waals surface area contributed by atoms with Gasteiger partial charge in [-0.05, 0) is 68.1 Å². The third-order valence-electron chi connectivity index (χ3n) is 5.16. The van der Waals surface area contributed by atoms with Gasteiger partial charge in [-0.3, -0.25) is 9.59 Å². The molecule has 5 nitrogen and oxygen atoms in total. The Bertz CT molecular complexity index is 868. The van der Waals surface area contributed by atoms with Crippen LogP contribution in [0.25, 0.3) is 0 Å². The van der Waals surface area contributed by atoms with Crippen molar-refractivity contribution in [2.75, 3.05) is 17.2 Å². The minimum Gasteiger partial charge on any atom is -0.483 e. The maximum Gasteiger partial charge on any atom is 0.262 e. The van der Waals surface area contributed by atoms with Crippen LogP contribution in [0.4, 0.5) is 11.4 Å². The number of rotatable bonds is 6. The first-order valence-electron chi connectivity index (χ1n) is 10.0. The van der Waals surface area contributed by atoms with Gasteiger partial charge in [0, 0.05) is 21.8 Å². The zero-order chi connectivity index (χ0) is 20.8. The summed E-state index contributed by atoms with van der Waals surface area (Å²) in [5.41, 5.74) is 3.26. The smallest absolute Gasteiger partial charge is 0.262 e. The molecule has 1 fully saturated rings. The monoisotopic (exact) mass is 458 g/mol. The molecule has 29 heavy (non-hydrogen) atoms. The van der Waals surface area contributed by atoms with Crippen LogP contribution >= 0.6 is 15.9 Å². The van der Waals surface area contributed by atoms with Gasteiger partial charge in [0.05, 0.1) is 0 Å². The van der Waals surface area contributed by atoms with Gasteiger partial charge in [-0.25, -0.2) is 0 Å². The van der Waals surface area contributed by atoms with E-state index in [9.17, 15) is 9.59 Å². The van der Waals surface area contributed by atoms with Gasteiger partial charge in [-0.15, -0.1) is 0 Å². The molecule has 0 aliphatic heterocycles. The first kappa shape index (κ1) is 21.4. The van der Waals surface area contributed by atoms with Crippen molar-refractivity contribution in [1.82, 2.24) is 0 Å². The maximum absolute atomic E-state index is 12.4. The Morgan fingerprint density at radius 3 is 2.28 bits per heavy atom. The number of anilines is 2. The summed E-state index contributed by atoms with van der Waals surface area (Å²) in [4.78, 5) is 24.7. The average Bonchev–Trinajstić information content (AvgIpc) is 2.68. The van der Waals surface area contributed by atoms with Crippen LogP contribution in [0.2, 0.25) is 0 Å². The van der Waals surface area contributed by atoms with Gasteiger partial charge >= 0.3 is 0 Å². The van der Waals surface area contributed by atoms with Crippen molar-refractivity contribution >= 4 is 39.1 Å². The highest BCUT2D eigenvalue weighted by Crippen LogP contribution is 2.28. The van der Waals surface area contributed by atoms with E-state index in [0.29, 0.717) is 11.4 Å². The van der Waals surface area contributed by atoms with E-state index >= 15 is 0 Å². The summed E-state index contributed by atoms with van der Waals surface area (Å²) in [6.07, 6.45) is 5.35. The number of aryl methyl sites for hydroxylation is 2. The maximum atomic E-state index is 12.4. The van der Waals surface area contributed by atoms with Crippen molar-refractivity contribution in [2.45, 2.75) is 46.0 Å². The third-order valence-corrected chi connectivity index (χ3v) is 5.62. The molecule has 0 bridgehead atoms. The molecule has 0 unspecified atom stereocenters. The van der Waals surface area contributed by atoms with Crippen LogP contribution in [0.5, 0.6) is 5.75 Å². The predicted molar refractivity (Wildman–Crippen MR) is 119 cm³/mol. The molecule has 6 heteroatoms. The van der Waals surface area contributed by atoms with Gasteiger partial charge in [0.1, 0.15) is 5.75 Å². The van der Waals surface area contributed by atoms with Gasteiger partial charge in [-0.1, -0.05) is 41.3 Å². The van der Waals surface area contributed by atoms with E-state index in [4.69, 9.17) is 4.74 Å². The quantitative estimate of drug-likeness (QED) is 0.591. The molecule has 2 N–H and O–H groups in total. The highest BCUT2D eigenvalue weighted by Gasteiger charge is 2.21. The molecule has 1 aliphatic carbocycles. The molecule has 154 valence electrons. The number of benzene rings is 2. The van der Waals surface area contributed by atoms with Crippen LogP contribution in [-0.4, -0.2) is 18.4 Å². The van der Waals surface area contributed by atoms with Gasteiger partial charge < -0.3 is 15.4 Å². The standard InChI is InChI=1S/C23H27BrN2O3/c1-15-11-18(24)12-16(2)22(15)29-14-21(27)25-19-9-6-10-20(13-19)26-23(28)17-7-4-3-5-8-17/h6,9-13,17H,3-5,7-8,14H2,1-2H3,(H,25,27)(H,26,28). The second-order valence-corrected chi connectivity index (χ2v) is 8.53. The summed E-state index contributed by atoms with van der Waals surface area (Å²) < 4.78 is 6.71. The van der Waals surface area contributed by atoms with E-state index in [0.717, 1.165) is 47.0 Å². The van der Waals surface area contributed by atoms with Crippen molar-refractivity contribution in [1.29, 1.82) is 0 Å². The highest BCUT2D eigenvalue weighted by atomic mass is 79.9. The van der Waals surface area contributed by atoms with Crippen molar-refractivity contribution in [2.24, 2.45) is 5.92 Å². The van der Waals surface area contributed by atoms with Crippen LogP contribution in [0, 0.1) is 19.8 Å². The molecule has 0 spiro atoms. The SMILES string of the molecule is Cc1cc(Br)cc(C)c1OCC(=O)Nc1cccc(NC(=O)C2CCCCC2)c1. The van der Waals surface area contributed by atoms with Gasteiger partial charge in [-0.2, -0.15) is 0 Å². The van der Waals surface area contributed by atoms with Crippen LogP contribution in [-0.2, 0) is 9.59 Å². The molecular weight excluding hydrogens is 432 g/mol. The highest BCUT2D eigenvalue weighted by molar-refractivity contribution is 9.10. The lowest BCUT2D eigenvalue weighted by Crippen LogP contribution is -2.25. The summed E-state index contributed by atoms with van der Waals surface area (Å²) in [7, 11) is 0. The van der Waals surface area contributed by atoms with E-state index in [1.54, 1.807) is 12.1 Å². The Hall–Kier alpha value is -2.34. The predicted octanol–water partition coefficient (Wildman–Crippen LogP) is 5.60. The normalized spacial score (nSPS) is 14.3. The van der Waals surface area contributed by atoms with Gasteiger partial charge in [0.25, 0.3) is 5.91 Å². The second kappa shape index (κ2) is 9.92. The summed E-state index contributed by atoms with van der Waals surface area (Å²) in [6.45, 7) is 3.81. The minimum absolute atomic E-state index is 0.0673. The Morgan fingerprint density at radius 2 is 1.62 bits per heavy atom. The number of nitrogens with one attached hydrogen (secondary N) is 2. The van der Waals surface area contributed by atoms with Crippen LogP contribution in [0.1, 0.15) is 43.2 Å². The molecule has 3 rings (SSSR count). The first-order chi connectivity index (χ1) is 13.9. The lowest BCUT2D eigenvalue weighted by molar-refractivity contribution is -0.120. The second-order valence-electron chi connectivity index (χ2n) is 7.61. The number of carbonyl (C=O) groups is 2. The summed E-state index contributed by atoms with van der Waals surface area (Å²) in [5.74, 6) is 0.629. The van der Waals surface area contributed by atoms with E-state index in [-0.39, 0.29) is 24.3 Å². The zero-order valence-corrected chi connectivity index (χ0v) is 18.5. The molecule has 2 amide bonds. The molecular formula is C23H27BrN2O3. The minimum atomic E-state index is -0.248. The average molecular weight is 459 g/mol. The van der Waals surface area contributed by atoms with Crippen molar-refractivity contribution in [3.05, 3.63) is 52.0 Å². The van der Waals surface area contributed by atoms with E-state index in [1.807, 2.05) is 38.1 Å². The Labute approximate surface area is 180 Å². The number of hydrogen-bond donors (Lipinski definition) is 2. The van der Waals surface area contributed by atoms with Gasteiger partial charge in [0.15, 0.2) is 6.61 Å². The molecule has 0 radical (unpaired) electrons. The number of hydrogen-bond acceptors (Lipinski definition) is 3. The molecule has 1 saturated carbocycles. The largest absolute Gasteiger partial charge is 0.483 e. The van der Waals surface area contributed by atoms with Crippen molar-refractivity contribution in [3.63, 3.8) is 0 Å².